The SMILES string of the molecule is CCCN(CC1CC1)C(=O)N1CCCC(C)C1C(=O)O. The van der Waals surface area contributed by atoms with E-state index in [1.165, 1.54) is 12.8 Å². The lowest BCUT2D eigenvalue weighted by Crippen LogP contribution is -2.56. The highest BCUT2D eigenvalue weighted by molar-refractivity contribution is 5.83. The molecule has 0 bridgehead atoms. The number of amides is 2. The zero-order chi connectivity index (χ0) is 14.7. The fourth-order valence-electron chi connectivity index (χ4n) is 3.11. The van der Waals surface area contributed by atoms with Crippen LogP contribution in [0.4, 0.5) is 4.79 Å². The minimum Gasteiger partial charge on any atom is -0.480 e. The third-order valence-electron chi connectivity index (χ3n) is 4.37. The Morgan fingerprint density at radius 3 is 2.55 bits per heavy atom. The Balaban J connectivity index is 2.08. The summed E-state index contributed by atoms with van der Waals surface area (Å²) in [4.78, 5) is 27.6. The summed E-state index contributed by atoms with van der Waals surface area (Å²) in [6, 6.07) is -0.729. The van der Waals surface area contributed by atoms with E-state index in [0.717, 1.165) is 32.4 Å². The molecule has 1 N–H and O–H groups in total. The normalized spacial score (nSPS) is 26.4. The monoisotopic (exact) mass is 282 g/mol. The Labute approximate surface area is 120 Å². The topological polar surface area (TPSA) is 60.9 Å². The first-order valence-corrected chi connectivity index (χ1v) is 7.83. The van der Waals surface area contributed by atoms with Crippen LogP contribution in [0.5, 0.6) is 0 Å². The average Bonchev–Trinajstić information content (AvgIpc) is 3.20. The van der Waals surface area contributed by atoms with E-state index in [-0.39, 0.29) is 11.9 Å². The third kappa shape index (κ3) is 3.44. The fraction of sp³-hybridized carbons (Fsp3) is 0.867. The van der Waals surface area contributed by atoms with Crippen molar-refractivity contribution < 1.29 is 14.7 Å². The third-order valence-corrected chi connectivity index (χ3v) is 4.37. The smallest absolute Gasteiger partial charge is 0.326 e. The first kappa shape index (κ1) is 15.1. The van der Waals surface area contributed by atoms with Crippen molar-refractivity contribution in [2.45, 2.75) is 52.0 Å². The molecule has 2 unspecified atom stereocenters. The minimum atomic E-state index is -0.867. The van der Waals surface area contributed by atoms with Crippen LogP contribution in [-0.4, -0.2) is 52.6 Å². The molecule has 1 aliphatic heterocycles. The van der Waals surface area contributed by atoms with Gasteiger partial charge in [0.1, 0.15) is 6.04 Å². The molecule has 1 saturated heterocycles. The molecular weight excluding hydrogens is 256 g/mol. The van der Waals surface area contributed by atoms with Crippen molar-refractivity contribution in [3.8, 4) is 0 Å². The van der Waals surface area contributed by atoms with E-state index in [9.17, 15) is 14.7 Å². The number of carboxylic acid groups (broad SMARTS) is 1. The zero-order valence-corrected chi connectivity index (χ0v) is 12.5. The van der Waals surface area contributed by atoms with Gasteiger partial charge in [-0.2, -0.15) is 0 Å². The largest absolute Gasteiger partial charge is 0.480 e. The van der Waals surface area contributed by atoms with Crippen LogP contribution in [0.2, 0.25) is 0 Å². The Hall–Kier alpha value is -1.26. The molecule has 2 atom stereocenters. The van der Waals surface area contributed by atoms with Crippen molar-refractivity contribution >= 4 is 12.0 Å². The van der Waals surface area contributed by atoms with Crippen molar-refractivity contribution in [2.75, 3.05) is 19.6 Å². The molecule has 1 saturated carbocycles. The number of hydrogen-bond acceptors (Lipinski definition) is 2. The molecule has 2 fully saturated rings. The van der Waals surface area contributed by atoms with Crippen LogP contribution < -0.4 is 0 Å². The number of nitrogens with zero attached hydrogens (tertiary/aromatic N) is 2. The molecule has 5 nitrogen and oxygen atoms in total. The number of aliphatic carboxylic acids is 1. The van der Waals surface area contributed by atoms with Crippen LogP contribution in [0, 0.1) is 11.8 Å². The highest BCUT2D eigenvalue weighted by atomic mass is 16.4. The van der Waals surface area contributed by atoms with Gasteiger partial charge in [-0.05, 0) is 43.9 Å². The molecule has 0 aromatic rings. The number of likely N-dealkylation sites (tertiary alicyclic amines) is 1. The maximum atomic E-state index is 12.7. The summed E-state index contributed by atoms with van der Waals surface area (Å²) in [5.74, 6) is -0.195. The number of rotatable bonds is 5. The predicted octanol–water partition coefficient (Wildman–Crippen LogP) is 2.41. The maximum absolute atomic E-state index is 12.7. The van der Waals surface area contributed by atoms with Crippen molar-refractivity contribution in [1.82, 2.24) is 9.80 Å². The second-order valence-electron chi connectivity index (χ2n) is 6.27. The van der Waals surface area contributed by atoms with Gasteiger partial charge in [-0.15, -0.1) is 0 Å². The van der Waals surface area contributed by atoms with Gasteiger partial charge in [0.05, 0.1) is 0 Å². The van der Waals surface area contributed by atoms with Gasteiger partial charge in [-0.3, -0.25) is 0 Å². The second kappa shape index (κ2) is 6.46. The average molecular weight is 282 g/mol. The maximum Gasteiger partial charge on any atom is 0.326 e. The lowest BCUT2D eigenvalue weighted by atomic mass is 9.91. The molecule has 0 aromatic heterocycles. The Kier molecular flexibility index (Phi) is 4.89. The molecule has 2 aliphatic rings. The Bertz CT molecular complexity index is 368. The van der Waals surface area contributed by atoms with Crippen LogP contribution in [0.15, 0.2) is 0 Å². The van der Waals surface area contributed by atoms with Crippen molar-refractivity contribution in [3.05, 3.63) is 0 Å². The molecular formula is C15H26N2O3. The number of urea groups is 1. The Morgan fingerprint density at radius 2 is 2.00 bits per heavy atom. The van der Waals surface area contributed by atoms with E-state index in [4.69, 9.17) is 0 Å². The molecule has 114 valence electrons. The van der Waals surface area contributed by atoms with Gasteiger partial charge < -0.3 is 14.9 Å². The quantitative estimate of drug-likeness (QED) is 0.842. The summed E-state index contributed by atoms with van der Waals surface area (Å²) < 4.78 is 0. The first-order valence-electron chi connectivity index (χ1n) is 7.83. The van der Waals surface area contributed by atoms with Crippen LogP contribution in [-0.2, 0) is 4.79 Å². The predicted molar refractivity (Wildman–Crippen MR) is 76.5 cm³/mol. The molecule has 0 radical (unpaired) electrons. The summed E-state index contributed by atoms with van der Waals surface area (Å²) in [5, 5.41) is 9.42. The van der Waals surface area contributed by atoms with E-state index in [1.54, 1.807) is 4.90 Å². The van der Waals surface area contributed by atoms with Crippen LogP contribution in [0.3, 0.4) is 0 Å². The highest BCUT2D eigenvalue weighted by Crippen LogP contribution is 2.31. The summed E-state index contributed by atoms with van der Waals surface area (Å²) in [7, 11) is 0. The summed E-state index contributed by atoms with van der Waals surface area (Å²) in [6.45, 7) is 6.09. The summed E-state index contributed by atoms with van der Waals surface area (Å²) in [6.07, 6.45) is 5.11. The molecule has 0 spiro atoms. The number of hydrogen-bond donors (Lipinski definition) is 1. The number of carbonyl (C=O) groups excluding carboxylic acids is 1. The van der Waals surface area contributed by atoms with Gasteiger partial charge in [-0.25, -0.2) is 9.59 Å². The first-order chi connectivity index (χ1) is 9.54. The van der Waals surface area contributed by atoms with E-state index in [1.807, 2.05) is 11.8 Å². The van der Waals surface area contributed by atoms with Gasteiger partial charge in [0, 0.05) is 19.6 Å². The van der Waals surface area contributed by atoms with Gasteiger partial charge in [0.15, 0.2) is 0 Å². The summed E-state index contributed by atoms with van der Waals surface area (Å²) in [5.41, 5.74) is 0. The van der Waals surface area contributed by atoms with Crippen LogP contribution >= 0.6 is 0 Å². The van der Waals surface area contributed by atoms with Gasteiger partial charge in [-0.1, -0.05) is 13.8 Å². The van der Waals surface area contributed by atoms with Crippen LogP contribution in [0.25, 0.3) is 0 Å². The summed E-state index contributed by atoms with van der Waals surface area (Å²) >= 11 is 0. The molecule has 1 aliphatic carbocycles. The lowest BCUT2D eigenvalue weighted by molar-refractivity contribution is -0.145. The molecule has 2 amide bonds. The van der Waals surface area contributed by atoms with Crippen molar-refractivity contribution in [1.29, 1.82) is 0 Å². The van der Waals surface area contributed by atoms with E-state index >= 15 is 0 Å². The second-order valence-corrected chi connectivity index (χ2v) is 6.27. The van der Waals surface area contributed by atoms with E-state index < -0.39 is 12.0 Å². The number of piperidine rings is 1. The molecule has 5 heteroatoms. The lowest BCUT2D eigenvalue weighted by Gasteiger charge is -2.40. The van der Waals surface area contributed by atoms with E-state index in [0.29, 0.717) is 12.5 Å². The van der Waals surface area contributed by atoms with Gasteiger partial charge >= 0.3 is 12.0 Å². The van der Waals surface area contributed by atoms with Gasteiger partial charge in [0.2, 0.25) is 0 Å². The molecule has 1 heterocycles. The van der Waals surface area contributed by atoms with Crippen molar-refractivity contribution in [3.63, 3.8) is 0 Å². The Morgan fingerprint density at radius 1 is 1.30 bits per heavy atom. The highest BCUT2D eigenvalue weighted by Gasteiger charge is 2.39. The fourth-order valence-corrected chi connectivity index (χ4v) is 3.11. The standard InChI is InChI=1S/C15H26N2O3/c1-3-8-16(10-12-6-7-12)15(20)17-9-4-5-11(2)13(17)14(18)19/h11-13H,3-10H2,1-2H3,(H,18,19). The number of carbonyl (C=O) groups is 2. The van der Waals surface area contributed by atoms with Crippen LogP contribution in [0.1, 0.15) is 46.0 Å². The minimum absolute atomic E-state index is 0.0367. The molecule has 0 aromatic carbocycles. The van der Waals surface area contributed by atoms with Crippen molar-refractivity contribution in [2.24, 2.45) is 11.8 Å². The number of carboxylic acids is 1. The van der Waals surface area contributed by atoms with E-state index in [2.05, 4.69) is 6.92 Å². The van der Waals surface area contributed by atoms with Gasteiger partial charge in [0.25, 0.3) is 0 Å². The molecule has 2 rings (SSSR count). The molecule has 20 heavy (non-hydrogen) atoms. The zero-order valence-electron chi connectivity index (χ0n) is 12.5.